The lowest BCUT2D eigenvalue weighted by molar-refractivity contribution is -0.129. The maximum absolute atomic E-state index is 12.1. The maximum Gasteiger partial charge on any atom is 0.231 e. The van der Waals surface area contributed by atoms with E-state index in [9.17, 15) is 9.90 Å². The van der Waals surface area contributed by atoms with Gasteiger partial charge in [0.05, 0.1) is 12.0 Å². The fourth-order valence-corrected chi connectivity index (χ4v) is 2.75. The first-order valence-corrected chi connectivity index (χ1v) is 7.28. The summed E-state index contributed by atoms with van der Waals surface area (Å²) in [5.41, 5.74) is 2.04. The highest BCUT2D eigenvalue weighted by atomic mass is 16.3. The van der Waals surface area contributed by atoms with E-state index in [-0.39, 0.29) is 24.2 Å². The molecule has 1 aromatic heterocycles. The second kappa shape index (κ2) is 5.39. The monoisotopic (exact) mass is 310 g/mol. The van der Waals surface area contributed by atoms with Gasteiger partial charge >= 0.3 is 0 Å². The third-order valence-electron chi connectivity index (χ3n) is 4.19. The molecule has 118 valence electrons. The summed E-state index contributed by atoms with van der Waals surface area (Å²) in [5.74, 6) is -0.0348. The summed E-state index contributed by atoms with van der Waals surface area (Å²) in [7, 11) is 1.59. The Kier molecular flexibility index (Phi) is 3.52. The third-order valence-corrected chi connectivity index (χ3v) is 4.19. The van der Waals surface area contributed by atoms with Gasteiger partial charge in [-0.1, -0.05) is 18.2 Å². The zero-order valence-electron chi connectivity index (χ0n) is 13.0. The standard InChI is InChI=1S/C17H18N4O2/c1-17(10-15(23)21(2)16(18)20-17)13-5-3-4-11(8-13)12-6-7-19-14(22)9-12/h3-9H,10H2,1-2H3,(H2,18,20)(H,19,22)/t17-/m0/s1. The number of nitrogens with zero attached hydrogens (tertiary/aromatic N) is 2. The van der Waals surface area contributed by atoms with Gasteiger partial charge in [-0.05, 0) is 35.7 Å². The summed E-state index contributed by atoms with van der Waals surface area (Å²) in [6.07, 6.45) is 1.82. The van der Waals surface area contributed by atoms with Crippen molar-refractivity contribution in [3.05, 3.63) is 48.2 Å². The molecule has 0 bridgehead atoms. The largest absolute Gasteiger partial charge is 0.493 e. The number of guanidine groups is 1. The minimum Gasteiger partial charge on any atom is -0.493 e. The Morgan fingerprint density at radius 3 is 2.74 bits per heavy atom. The summed E-state index contributed by atoms with van der Waals surface area (Å²) in [6, 6.07) is 11.1. The molecule has 0 saturated carbocycles. The van der Waals surface area contributed by atoms with Gasteiger partial charge in [0, 0.05) is 19.3 Å². The fraction of sp³-hybridized carbons (Fsp3) is 0.235. The molecule has 2 aromatic rings. The molecule has 1 aliphatic rings. The van der Waals surface area contributed by atoms with Gasteiger partial charge in [0.1, 0.15) is 0 Å². The van der Waals surface area contributed by atoms with Crippen LogP contribution in [0.2, 0.25) is 0 Å². The lowest BCUT2D eigenvalue weighted by Gasteiger charge is -2.39. The van der Waals surface area contributed by atoms with E-state index in [1.807, 2.05) is 37.3 Å². The van der Waals surface area contributed by atoms with Crippen LogP contribution in [0.1, 0.15) is 18.9 Å². The smallest absolute Gasteiger partial charge is 0.231 e. The van der Waals surface area contributed by atoms with E-state index >= 15 is 0 Å². The van der Waals surface area contributed by atoms with Crippen LogP contribution in [0.4, 0.5) is 0 Å². The van der Waals surface area contributed by atoms with Crippen LogP contribution in [0.3, 0.4) is 0 Å². The van der Waals surface area contributed by atoms with Crippen molar-refractivity contribution in [1.29, 1.82) is 5.41 Å². The van der Waals surface area contributed by atoms with Gasteiger partial charge in [-0.25, -0.2) is 4.98 Å². The number of aromatic hydroxyl groups is 1. The van der Waals surface area contributed by atoms with Gasteiger partial charge < -0.3 is 10.4 Å². The Bertz CT molecular complexity index is 770. The highest BCUT2D eigenvalue weighted by molar-refractivity contribution is 5.98. The topological polar surface area (TPSA) is 89.3 Å². The van der Waals surface area contributed by atoms with Crippen LogP contribution in [0.15, 0.2) is 42.6 Å². The number of rotatable bonds is 2. The Morgan fingerprint density at radius 2 is 2.04 bits per heavy atom. The molecule has 1 aromatic carbocycles. The van der Waals surface area contributed by atoms with Crippen LogP contribution < -0.4 is 5.32 Å². The zero-order chi connectivity index (χ0) is 16.6. The van der Waals surface area contributed by atoms with Crippen molar-refractivity contribution in [2.45, 2.75) is 18.9 Å². The van der Waals surface area contributed by atoms with Crippen molar-refractivity contribution < 1.29 is 9.90 Å². The van der Waals surface area contributed by atoms with E-state index in [1.165, 1.54) is 4.90 Å². The zero-order valence-corrected chi connectivity index (χ0v) is 13.0. The Morgan fingerprint density at radius 1 is 1.30 bits per heavy atom. The van der Waals surface area contributed by atoms with Crippen LogP contribution in [-0.2, 0) is 10.3 Å². The van der Waals surface area contributed by atoms with Crippen LogP contribution >= 0.6 is 0 Å². The fourth-order valence-electron chi connectivity index (χ4n) is 2.75. The van der Waals surface area contributed by atoms with Crippen molar-refractivity contribution in [1.82, 2.24) is 15.2 Å². The first-order chi connectivity index (χ1) is 10.9. The minimum absolute atomic E-state index is 0.0338. The van der Waals surface area contributed by atoms with Gasteiger partial charge in [0.2, 0.25) is 11.8 Å². The predicted octanol–water partition coefficient (Wildman–Crippen LogP) is 2.06. The van der Waals surface area contributed by atoms with Crippen molar-refractivity contribution in [3.8, 4) is 17.0 Å². The number of benzene rings is 1. The number of carbonyl (C=O) groups excluding carboxylic acids is 1. The third kappa shape index (κ3) is 2.75. The molecule has 1 amide bonds. The number of amides is 1. The molecule has 6 nitrogen and oxygen atoms in total. The molecule has 1 saturated heterocycles. The lowest BCUT2D eigenvalue weighted by Crippen LogP contribution is -2.58. The Labute approximate surface area is 134 Å². The van der Waals surface area contributed by atoms with E-state index < -0.39 is 5.54 Å². The summed E-state index contributed by atoms with van der Waals surface area (Å²) >= 11 is 0. The summed E-state index contributed by atoms with van der Waals surface area (Å²) < 4.78 is 0. The van der Waals surface area contributed by atoms with Crippen LogP contribution in [0.25, 0.3) is 11.1 Å². The molecule has 1 aliphatic heterocycles. The minimum atomic E-state index is -0.633. The molecule has 0 radical (unpaired) electrons. The predicted molar refractivity (Wildman–Crippen MR) is 86.9 cm³/mol. The molecule has 3 N–H and O–H groups in total. The summed E-state index contributed by atoms with van der Waals surface area (Å²) in [5, 5.41) is 20.6. The van der Waals surface area contributed by atoms with Crippen molar-refractivity contribution in [3.63, 3.8) is 0 Å². The number of carbonyl (C=O) groups is 1. The number of aromatic nitrogens is 1. The molecule has 6 heteroatoms. The van der Waals surface area contributed by atoms with Gasteiger partial charge in [0.15, 0.2) is 5.96 Å². The molecule has 3 rings (SSSR count). The van der Waals surface area contributed by atoms with Crippen LogP contribution in [0, 0.1) is 5.41 Å². The number of hydrogen-bond donors (Lipinski definition) is 3. The summed E-state index contributed by atoms with van der Waals surface area (Å²) in [4.78, 5) is 17.2. The first kappa shape index (κ1) is 15.0. The quantitative estimate of drug-likeness (QED) is 0.792. The van der Waals surface area contributed by atoms with Gasteiger partial charge in [-0.2, -0.15) is 0 Å². The molecular formula is C17H18N4O2. The van der Waals surface area contributed by atoms with Gasteiger partial charge in [-0.3, -0.25) is 15.1 Å². The van der Waals surface area contributed by atoms with E-state index in [0.717, 1.165) is 16.7 Å². The summed E-state index contributed by atoms with van der Waals surface area (Å²) in [6.45, 7) is 1.91. The molecule has 23 heavy (non-hydrogen) atoms. The van der Waals surface area contributed by atoms with Crippen LogP contribution in [0.5, 0.6) is 5.88 Å². The Balaban J connectivity index is 1.99. The highest BCUT2D eigenvalue weighted by Crippen LogP contribution is 2.32. The van der Waals surface area contributed by atoms with Crippen molar-refractivity contribution in [2.24, 2.45) is 0 Å². The molecule has 0 unspecified atom stereocenters. The molecular weight excluding hydrogens is 292 g/mol. The first-order valence-electron chi connectivity index (χ1n) is 7.28. The van der Waals surface area contributed by atoms with Crippen molar-refractivity contribution >= 4 is 11.9 Å². The second-order valence-electron chi connectivity index (χ2n) is 5.92. The Hall–Kier alpha value is -2.89. The van der Waals surface area contributed by atoms with Crippen molar-refractivity contribution in [2.75, 3.05) is 7.05 Å². The number of hydrogen-bond acceptors (Lipinski definition) is 4. The molecule has 2 heterocycles. The maximum atomic E-state index is 12.1. The van der Waals surface area contributed by atoms with Gasteiger partial charge in [-0.15, -0.1) is 0 Å². The van der Waals surface area contributed by atoms with E-state index in [4.69, 9.17) is 5.41 Å². The number of nitrogens with one attached hydrogen (secondary N) is 2. The van der Waals surface area contributed by atoms with Gasteiger partial charge in [0.25, 0.3) is 0 Å². The van der Waals surface area contributed by atoms with E-state index in [0.29, 0.717) is 0 Å². The normalized spacial score (nSPS) is 21.2. The number of pyridine rings is 1. The van der Waals surface area contributed by atoms with Crippen LogP contribution in [-0.4, -0.2) is 33.9 Å². The van der Waals surface area contributed by atoms with E-state index in [1.54, 1.807) is 19.3 Å². The molecule has 0 aliphatic carbocycles. The second-order valence-corrected chi connectivity index (χ2v) is 5.92. The lowest BCUT2D eigenvalue weighted by atomic mass is 9.85. The molecule has 1 fully saturated rings. The average molecular weight is 310 g/mol. The molecule has 0 spiro atoms. The van der Waals surface area contributed by atoms with E-state index in [2.05, 4.69) is 10.3 Å². The average Bonchev–Trinajstić information content (AvgIpc) is 2.53. The highest BCUT2D eigenvalue weighted by Gasteiger charge is 2.37. The molecule has 1 atom stereocenters. The SMILES string of the molecule is CN1C(=N)N[C@](C)(c2cccc(-c3ccnc(O)c3)c2)CC1=O.